The number of likely N-dealkylation sites (tertiary alicyclic amines) is 3. The van der Waals surface area contributed by atoms with Crippen molar-refractivity contribution < 1.29 is 27.8 Å². The summed E-state index contributed by atoms with van der Waals surface area (Å²) in [7, 11) is 3.48. The minimum absolute atomic E-state index is 0.00890. The van der Waals surface area contributed by atoms with Gasteiger partial charge in [-0.15, -0.1) is 5.10 Å². The molecule has 0 unspecified atom stereocenters. The number of carbonyl (C=O) groups excluding carboxylic acids is 2. The summed E-state index contributed by atoms with van der Waals surface area (Å²) in [6.45, 7) is 9.78. The van der Waals surface area contributed by atoms with Gasteiger partial charge in [-0.1, -0.05) is 12.1 Å². The second kappa shape index (κ2) is 15.0. The fourth-order valence-corrected chi connectivity index (χ4v) is 9.61. The average Bonchev–Trinajstić information content (AvgIpc) is 3.80. The van der Waals surface area contributed by atoms with E-state index in [1.807, 2.05) is 44.9 Å². The van der Waals surface area contributed by atoms with Crippen LogP contribution >= 0.6 is 0 Å². The highest BCUT2D eigenvalue weighted by Crippen LogP contribution is 2.51. The molecular weight excluding hydrogens is 721 g/mol. The number of carbonyl (C=O) groups is 2. The Morgan fingerprint density at radius 1 is 1.00 bits per heavy atom. The Bertz CT molecular complexity index is 1930. The van der Waals surface area contributed by atoms with Crippen LogP contribution in [-0.2, 0) is 22.4 Å². The number of nitrogens with one attached hydrogen (secondary N) is 2. The Morgan fingerprint density at radius 2 is 1.75 bits per heavy atom. The third-order valence-electron chi connectivity index (χ3n) is 13.1. The molecule has 2 N–H and O–H groups in total. The number of imidazole rings is 1. The van der Waals surface area contributed by atoms with Crippen LogP contribution in [0.5, 0.6) is 0 Å². The van der Waals surface area contributed by atoms with Crippen molar-refractivity contribution in [2.75, 3.05) is 70.2 Å². The van der Waals surface area contributed by atoms with E-state index in [1.165, 1.54) is 0 Å². The Hall–Kier alpha value is -4.08. The first kappa shape index (κ1) is 38.8. The molecule has 1 spiro atoms. The number of hydrogen-bond acceptors (Lipinski definition) is 10. The van der Waals surface area contributed by atoms with Gasteiger partial charge in [0.05, 0.1) is 30.6 Å². The number of piperidine rings is 3. The molecule has 0 radical (unpaired) electrons. The molecule has 3 saturated heterocycles. The monoisotopic (exact) mass is 777 g/mol. The third kappa shape index (κ3) is 7.30. The van der Waals surface area contributed by atoms with Gasteiger partial charge in [0.25, 0.3) is 11.8 Å². The minimum Gasteiger partial charge on any atom is -0.444 e. The minimum atomic E-state index is -2.79. The number of benzene rings is 1. The first-order valence-corrected chi connectivity index (χ1v) is 20.4. The van der Waals surface area contributed by atoms with Gasteiger partial charge in [-0.3, -0.25) is 9.69 Å². The second-order valence-corrected chi connectivity index (χ2v) is 17.5. The summed E-state index contributed by atoms with van der Waals surface area (Å²) < 4.78 is 45.2. The van der Waals surface area contributed by atoms with E-state index in [0.717, 1.165) is 54.6 Å². The lowest BCUT2D eigenvalue weighted by atomic mass is 9.68. The molecule has 56 heavy (non-hydrogen) atoms. The van der Waals surface area contributed by atoms with Gasteiger partial charge in [0, 0.05) is 63.5 Å². The lowest BCUT2D eigenvalue weighted by molar-refractivity contribution is -0.191. The first-order valence-electron chi connectivity index (χ1n) is 20.4. The number of nitrogens with zero attached hydrogens (tertiary/aromatic N) is 7. The van der Waals surface area contributed by atoms with Gasteiger partial charge in [-0.25, -0.2) is 23.1 Å². The molecule has 5 aliphatic rings. The van der Waals surface area contributed by atoms with Gasteiger partial charge in [0.1, 0.15) is 5.60 Å². The number of ether oxygens (including phenoxy) is 2. The van der Waals surface area contributed by atoms with E-state index >= 15 is 8.78 Å². The van der Waals surface area contributed by atoms with Gasteiger partial charge < -0.3 is 34.8 Å². The van der Waals surface area contributed by atoms with E-state index in [-0.39, 0.29) is 30.7 Å². The summed E-state index contributed by atoms with van der Waals surface area (Å²) in [5.74, 6) is -2.36. The van der Waals surface area contributed by atoms with Crippen molar-refractivity contribution in [3.63, 3.8) is 0 Å². The molecule has 2 amide bonds. The first-order chi connectivity index (χ1) is 26.8. The predicted molar refractivity (Wildman–Crippen MR) is 210 cm³/mol. The van der Waals surface area contributed by atoms with E-state index < -0.39 is 16.9 Å². The van der Waals surface area contributed by atoms with Gasteiger partial charge >= 0.3 is 6.09 Å². The van der Waals surface area contributed by atoms with Crippen molar-refractivity contribution in [2.45, 2.75) is 108 Å². The molecule has 6 heterocycles. The van der Waals surface area contributed by atoms with Gasteiger partial charge in [-0.05, 0) is 109 Å². The highest BCUT2D eigenvalue weighted by atomic mass is 19.3. The smallest absolute Gasteiger partial charge is 0.410 e. The van der Waals surface area contributed by atoms with Crippen LogP contribution in [-0.4, -0.2) is 131 Å². The van der Waals surface area contributed by atoms with Crippen LogP contribution in [0.25, 0.3) is 5.65 Å². The molecule has 2 atom stereocenters. The van der Waals surface area contributed by atoms with Crippen LogP contribution in [0.15, 0.2) is 30.5 Å². The number of anilines is 3. The zero-order chi connectivity index (χ0) is 39.4. The van der Waals surface area contributed by atoms with E-state index in [2.05, 4.69) is 37.6 Å². The summed E-state index contributed by atoms with van der Waals surface area (Å²) in [4.78, 5) is 38.7. The molecule has 1 aromatic carbocycles. The Balaban J connectivity index is 0.907. The summed E-state index contributed by atoms with van der Waals surface area (Å²) in [6, 6.07) is 8.35. The zero-order valence-corrected chi connectivity index (χ0v) is 33.5. The summed E-state index contributed by atoms with van der Waals surface area (Å²) in [6.07, 6.45) is 6.99. The maximum atomic E-state index is 16.3. The molecule has 4 aliphatic heterocycles. The topological polar surface area (TPSA) is 120 Å². The molecule has 3 aromatic rings. The SMILES string of the molecule is CNc1cc(N2CCc3c(CN4CCC5(CCN(C6CCN(C(=O)OC(C)(C)C)CC6)CC5)C(F)(F)C4)cccc32)nn2c(C(=O)N[C@@H]3CC[C@H]3OC)cnc12. The number of hydrogen-bond donors (Lipinski definition) is 2. The van der Waals surface area contributed by atoms with Crippen LogP contribution in [0.4, 0.5) is 30.8 Å². The lowest BCUT2D eigenvalue weighted by Gasteiger charge is -2.53. The maximum absolute atomic E-state index is 16.3. The quantitative estimate of drug-likeness (QED) is 0.295. The van der Waals surface area contributed by atoms with Gasteiger partial charge in [0.2, 0.25) is 0 Å². The number of aromatic nitrogens is 3. The summed E-state index contributed by atoms with van der Waals surface area (Å²) >= 11 is 0. The number of methoxy groups -OCH3 is 1. The number of rotatable bonds is 8. The third-order valence-corrected chi connectivity index (χ3v) is 13.1. The van der Waals surface area contributed by atoms with Crippen molar-refractivity contribution in [1.82, 2.24) is 34.6 Å². The van der Waals surface area contributed by atoms with E-state index in [1.54, 1.807) is 22.7 Å². The summed E-state index contributed by atoms with van der Waals surface area (Å²) in [5, 5.41) is 11.2. The zero-order valence-electron chi connectivity index (χ0n) is 33.5. The van der Waals surface area contributed by atoms with Crippen molar-refractivity contribution in [2.24, 2.45) is 5.41 Å². The molecule has 0 bridgehead atoms. The number of alkyl halides is 2. The standard InChI is InChI=1S/C41H57F2N9O4/c1-39(2,3)56-38(54)50-17-11-28(12-18-50)49-21-15-40(16-22-49)14-20-48(26-41(40,42)43)25-27-7-6-8-32-29(27)13-19-51(32)35-23-31(44-4)36-45-24-33(52(36)47-35)37(53)46-30-9-10-34(30)55-5/h6-8,23-24,28,30,34,44H,9-22,25-26H2,1-5H3,(H,46,53)/t30-,34-/m1/s1. The Morgan fingerprint density at radius 3 is 2.41 bits per heavy atom. The molecule has 1 aliphatic carbocycles. The number of fused-ring (bicyclic) bond motifs is 2. The van der Waals surface area contributed by atoms with Crippen LogP contribution in [0.2, 0.25) is 0 Å². The fourth-order valence-electron chi connectivity index (χ4n) is 9.61. The van der Waals surface area contributed by atoms with Crippen LogP contribution in [0.3, 0.4) is 0 Å². The van der Waals surface area contributed by atoms with E-state index in [0.29, 0.717) is 88.3 Å². The van der Waals surface area contributed by atoms with Crippen molar-refractivity contribution >= 4 is 34.8 Å². The molecule has 1 saturated carbocycles. The van der Waals surface area contributed by atoms with Crippen molar-refractivity contribution in [1.29, 1.82) is 0 Å². The van der Waals surface area contributed by atoms with E-state index in [4.69, 9.17) is 14.6 Å². The van der Waals surface area contributed by atoms with Gasteiger partial charge in [0.15, 0.2) is 17.2 Å². The van der Waals surface area contributed by atoms with Crippen molar-refractivity contribution in [3.05, 3.63) is 47.3 Å². The van der Waals surface area contributed by atoms with Gasteiger partial charge in [-0.2, -0.15) is 0 Å². The largest absolute Gasteiger partial charge is 0.444 e. The maximum Gasteiger partial charge on any atom is 0.410 e. The van der Waals surface area contributed by atoms with E-state index in [9.17, 15) is 9.59 Å². The molecular formula is C41H57F2N9O4. The Kier molecular flexibility index (Phi) is 10.4. The molecule has 304 valence electrons. The van der Waals surface area contributed by atoms with Crippen molar-refractivity contribution in [3.8, 4) is 0 Å². The average molecular weight is 778 g/mol. The second-order valence-electron chi connectivity index (χ2n) is 17.5. The number of halogens is 2. The van der Waals surface area contributed by atoms with Crippen LogP contribution in [0, 0.1) is 5.41 Å². The Labute approximate surface area is 328 Å². The molecule has 13 nitrogen and oxygen atoms in total. The molecule has 8 rings (SSSR count). The highest BCUT2D eigenvalue weighted by molar-refractivity contribution is 5.94. The van der Waals surface area contributed by atoms with Crippen LogP contribution in [0.1, 0.15) is 87.3 Å². The fraction of sp³-hybridized carbons (Fsp3) is 0.659. The molecule has 2 aromatic heterocycles. The highest BCUT2D eigenvalue weighted by Gasteiger charge is 2.57. The molecule has 15 heteroatoms. The predicted octanol–water partition coefficient (Wildman–Crippen LogP) is 5.70. The lowest BCUT2D eigenvalue weighted by Crippen LogP contribution is -2.60. The number of amides is 2. The van der Waals surface area contributed by atoms with Crippen LogP contribution < -0.4 is 15.5 Å². The summed E-state index contributed by atoms with van der Waals surface area (Å²) in [5.41, 5.74) is 3.37. The normalized spacial score (nSPS) is 24.3. The molecule has 4 fully saturated rings.